The van der Waals surface area contributed by atoms with Gasteiger partial charge in [-0.2, -0.15) is 8.42 Å². The molecule has 1 fully saturated rings. The number of thioether (sulfide) groups is 1. The molecule has 0 radical (unpaired) electrons. The van der Waals surface area contributed by atoms with E-state index in [-0.39, 0.29) is 17.2 Å². The number of hydrogen-bond acceptors (Lipinski definition) is 12. The summed E-state index contributed by atoms with van der Waals surface area (Å²) in [7, 11) is -5.13. The van der Waals surface area contributed by atoms with Gasteiger partial charge in [-0.25, -0.2) is 0 Å². The van der Waals surface area contributed by atoms with E-state index in [9.17, 15) is 38.5 Å². The molecular formula is C14H18NO10S2-. The first-order valence-electron chi connectivity index (χ1n) is 7.57. The second-order valence-corrected chi connectivity index (χ2v) is 7.76. The van der Waals surface area contributed by atoms with E-state index < -0.39 is 46.9 Å². The lowest BCUT2D eigenvalue weighted by Gasteiger charge is -2.39. The van der Waals surface area contributed by atoms with Crippen LogP contribution in [0.2, 0.25) is 0 Å². The average Bonchev–Trinajstić information content (AvgIpc) is 2.61. The van der Waals surface area contributed by atoms with Gasteiger partial charge in [0.2, 0.25) is 0 Å². The SMILES string of the molecule is O=S(=O)([O-])O/N=C(\Cc1ccc(O)cc1)S[C@@H]1O[C@H](CO)[C@@H](O)[C@H](O)[C@H]1O. The Bertz CT molecular complexity index is 752. The van der Waals surface area contributed by atoms with E-state index in [4.69, 9.17) is 4.74 Å². The number of benzene rings is 1. The van der Waals surface area contributed by atoms with E-state index in [2.05, 4.69) is 9.44 Å². The molecule has 0 unspecified atom stereocenters. The van der Waals surface area contributed by atoms with Gasteiger partial charge >= 0.3 is 0 Å². The number of aromatic hydroxyl groups is 1. The molecule has 0 aromatic heterocycles. The number of aliphatic hydroxyl groups excluding tert-OH is 4. The lowest BCUT2D eigenvalue weighted by atomic mass is 10.0. The fourth-order valence-electron chi connectivity index (χ4n) is 2.27. The predicted molar refractivity (Wildman–Crippen MR) is 91.4 cm³/mol. The number of nitrogens with zero attached hydrogens (tertiary/aromatic N) is 1. The maximum Gasteiger partial charge on any atom is 0.284 e. The topological polar surface area (TPSA) is 189 Å². The average molecular weight is 424 g/mol. The van der Waals surface area contributed by atoms with E-state index >= 15 is 0 Å². The summed E-state index contributed by atoms with van der Waals surface area (Å²) in [6, 6.07) is 5.75. The van der Waals surface area contributed by atoms with Crippen LogP contribution in [0.3, 0.4) is 0 Å². The van der Waals surface area contributed by atoms with Crippen LogP contribution < -0.4 is 0 Å². The minimum absolute atomic E-state index is 0.00258. The van der Waals surface area contributed by atoms with E-state index in [1.807, 2.05) is 0 Å². The van der Waals surface area contributed by atoms with Crippen molar-refractivity contribution in [1.29, 1.82) is 0 Å². The van der Waals surface area contributed by atoms with Gasteiger partial charge in [0.05, 0.1) is 6.61 Å². The van der Waals surface area contributed by atoms with Crippen molar-refractivity contribution in [3.63, 3.8) is 0 Å². The molecule has 1 aliphatic heterocycles. The maximum absolute atomic E-state index is 10.7. The summed E-state index contributed by atoms with van der Waals surface area (Å²) in [6.07, 6.45) is -6.01. The Morgan fingerprint density at radius 2 is 1.81 bits per heavy atom. The molecule has 2 rings (SSSR count). The van der Waals surface area contributed by atoms with Crippen LogP contribution in [0.15, 0.2) is 29.4 Å². The van der Waals surface area contributed by atoms with Gasteiger partial charge in [0, 0.05) is 6.42 Å². The van der Waals surface area contributed by atoms with Crippen LogP contribution in [0.5, 0.6) is 5.75 Å². The Balaban J connectivity index is 2.20. The largest absolute Gasteiger partial charge is 0.714 e. The molecule has 11 nitrogen and oxygen atoms in total. The molecule has 1 saturated heterocycles. The van der Waals surface area contributed by atoms with E-state index in [0.29, 0.717) is 17.3 Å². The number of ether oxygens (including phenoxy) is 1. The Morgan fingerprint density at radius 3 is 2.37 bits per heavy atom. The molecule has 1 aromatic carbocycles. The first kappa shape index (κ1) is 21.8. The fraction of sp³-hybridized carbons (Fsp3) is 0.500. The third-order valence-electron chi connectivity index (χ3n) is 3.62. The van der Waals surface area contributed by atoms with Crippen LogP contribution >= 0.6 is 11.8 Å². The standard InChI is InChI=1S/C14H19NO10S2/c16-6-9-11(18)12(19)13(20)14(24-9)26-10(15-25-27(21,22)23)5-7-1-3-8(17)4-2-7/h1-4,9,11-14,16-20H,5-6H2,(H,21,22,23)/p-1/b15-10+/t9-,11-,12+,13-,14+/m1/s1. The Labute approximate surface area is 158 Å². The molecule has 0 aliphatic carbocycles. The van der Waals surface area contributed by atoms with Crippen LogP contribution in [-0.2, 0) is 25.8 Å². The van der Waals surface area contributed by atoms with Gasteiger partial charge in [0.25, 0.3) is 10.4 Å². The number of hydrogen-bond donors (Lipinski definition) is 5. The van der Waals surface area contributed by atoms with Crippen molar-refractivity contribution in [2.24, 2.45) is 5.16 Å². The fourth-order valence-corrected chi connectivity index (χ4v) is 3.60. The van der Waals surface area contributed by atoms with Gasteiger partial charge in [0.15, 0.2) is 0 Å². The van der Waals surface area contributed by atoms with Gasteiger partial charge in [-0.3, -0.25) is 4.28 Å². The van der Waals surface area contributed by atoms with Crippen molar-refractivity contribution >= 4 is 27.2 Å². The second-order valence-electron chi connectivity index (χ2n) is 5.63. The van der Waals surface area contributed by atoms with E-state index in [1.54, 1.807) is 0 Å². The van der Waals surface area contributed by atoms with Gasteiger partial charge in [-0.1, -0.05) is 29.1 Å². The number of phenols is 1. The van der Waals surface area contributed by atoms with Crippen LogP contribution in [0.4, 0.5) is 0 Å². The number of rotatable bonds is 6. The first-order chi connectivity index (χ1) is 12.6. The molecule has 1 heterocycles. The zero-order valence-corrected chi connectivity index (χ0v) is 15.3. The zero-order valence-electron chi connectivity index (χ0n) is 13.7. The highest BCUT2D eigenvalue weighted by Crippen LogP contribution is 2.30. The lowest BCUT2D eigenvalue weighted by molar-refractivity contribution is -0.205. The molecule has 1 aromatic rings. The zero-order chi connectivity index (χ0) is 20.2. The van der Waals surface area contributed by atoms with Gasteiger partial charge in [0.1, 0.15) is 40.6 Å². The van der Waals surface area contributed by atoms with Crippen LogP contribution in [0, 0.1) is 0 Å². The summed E-state index contributed by atoms with van der Waals surface area (Å²) in [5, 5.41) is 51.3. The minimum Gasteiger partial charge on any atom is -0.714 e. The molecule has 0 amide bonds. The second kappa shape index (κ2) is 9.16. The lowest BCUT2D eigenvalue weighted by Crippen LogP contribution is -2.57. The minimum atomic E-state index is -5.13. The summed E-state index contributed by atoms with van der Waals surface area (Å²) in [5.41, 5.74) is -0.690. The summed E-state index contributed by atoms with van der Waals surface area (Å²) >= 11 is 0.643. The quantitative estimate of drug-likeness (QED) is 0.115. The summed E-state index contributed by atoms with van der Waals surface area (Å²) in [6.45, 7) is -0.641. The van der Waals surface area contributed by atoms with Gasteiger partial charge in [-0.15, -0.1) is 0 Å². The molecular weight excluding hydrogens is 406 g/mol. The van der Waals surface area contributed by atoms with Crippen LogP contribution in [0.25, 0.3) is 0 Å². The first-order valence-corrected chi connectivity index (χ1v) is 9.78. The Hall–Kier alpha value is -1.45. The Kier molecular flexibility index (Phi) is 7.41. The third-order valence-corrected chi connectivity index (χ3v) is 4.99. The highest BCUT2D eigenvalue weighted by Gasteiger charge is 2.44. The summed E-state index contributed by atoms with van der Waals surface area (Å²) < 4.78 is 41.2. The maximum atomic E-state index is 10.7. The number of phenolic OH excluding ortho intramolecular Hbond substituents is 1. The highest BCUT2D eigenvalue weighted by atomic mass is 32.3. The smallest absolute Gasteiger partial charge is 0.284 e. The molecule has 0 bridgehead atoms. The van der Waals surface area contributed by atoms with Crippen molar-refractivity contribution < 1.29 is 47.5 Å². The molecule has 27 heavy (non-hydrogen) atoms. The van der Waals surface area contributed by atoms with Gasteiger partial charge < -0.3 is 34.8 Å². The van der Waals surface area contributed by atoms with E-state index in [0.717, 1.165) is 0 Å². The van der Waals surface area contributed by atoms with Crippen molar-refractivity contribution in [3.8, 4) is 5.75 Å². The number of aliphatic hydroxyl groups is 4. The molecule has 13 heteroatoms. The molecule has 1 aliphatic rings. The summed E-state index contributed by atoms with van der Waals surface area (Å²) in [5.74, 6) is -0.00258. The molecule has 0 spiro atoms. The van der Waals surface area contributed by atoms with Crippen molar-refractivity contribution in [2.45, 2.75) is 36.3 Å². The monoisotopic (exact) mass is 424 g/mol. The molecule has 5 N–H and O–H groups in total. The van der Waals surface area contributed by atoms with Crippen LogP contribution in [0.1, 0.15) is 5.56 Å². The molecule has 152 valence electrons. The van der Waals surface area contributed by atoms with E-state index in [1.165, 1.54) is 24.3 Å². The number of oxime groups is 1. The summed E-state index contributed by atoms with van der Waals surface area (Å²) in [4.78, 5) is 0. The van der Waals surface area contributed by atoms with Crippen molar-refractivity contribution in [3.05, 3.63) is 29.8 Å². The third kappa shape index (κ3) is 6.29. The molecule has 0 saturated carbocycles. The van der Waals surface area contributed by atoms with Crippen molar-refractivity contribution in [1.82, 2.24) is 0 Å². The Morgan fingerprint density at radius 1 is 1.19 bits per heavy atom. The molecule has 5 atom stereocenters. The van der Waals surface area contributed by atoms with Crippen LogP contribution in [-0.4, -0.2) is 80.0 Å². The van der Waals surface area contributed by atoms with Gasteiger partial charge in [-0.05, 0) is 17.7 Å². The van der Waals surface area contributed by atoms with Crippen molar-refractivity contribution in [2.75, 3.05) is 6.61 Å². The highest BCUT2D eigenvalue weighted by molar-refractivity contribution is 8.14. The normalized spacial score (nSPS) is 29.5. The predicted octanol–water partition coefficient (Wildman–Crippen LogP) is -1.74.